The van der Waals surface area contributed by atoms with Crippen LogP contribution in [-0.2, 0) is 14.2 Å². The predicted molar refractivity (Wildman–Crippen MR) is 73.6 cm³/mol. The van der Waals surface area contributed by atoms with E-state index < -0.39 is 30.1 Å². The SMILES string of the molecule is CC[C@]1(COC(=O)c2ccccc2)O[C@H](OC)[C@H](O)[C@@H]1O. The van der Waals surface area contributed by atoms with Crippen LogP contribution in [-0.4, -0.2) is 54.0 Å². The molecule has 4 atom stereocenters. The van der Waals surface area contributed by atoms with E-state index in [1.807, 2.05) is 0 Å². The number of methoxy groups -OCH3 is 1. The molecule has 6 heteroatoms. The van der Waals surface area contributed by atoms with Crippen LogP contribution < -0.4 is 0 Å². The van der Waals surface area contributed by atoms with Crippen LogP contribution in [0.4, 0.5) is 0 Å². The van der Waals surface area contributed by atoms with Gasteiger partial charge in [0.05, 0.1) is 5.56 Å². The minimum Gasteiger partial charge on any atom is -0.459 e. The number of rotatable bonds is 5. The fourth-order valence-electron chi connectivity index (χ4n) is 2.38. The number of hydrogen-bond donors (Lipinski definition) is 2. The molecular formula is C15H20O6. The van der Waals surface area contributed by atoms with Crippen LogP contribution >= 0.6 is 0 Å². The first-order valence-electron chi connectivity index (χ1n) is 6.83. The molecule has 0 aromatic heterocycles. The van der Waals surface area contributed by atoms with Crippen LogP contribution in [0.25, 0.3) is 0 Å². The molecule has 1 fully saturated rings. The van der Waals surface area contributed by atoms with Crippen LogP contribution in [0.1, 0.15) is 23.7 Å². The Morgan fingerprint density at radius 3 is 2.52 bits per heavy atom. The minimum absolute atomic E-state index is 0.157. The molecule has 0 amide bonds. The predicted octanol–water partition coefficient (Wildman–Crippen LogP) is 0.717. The lowest BCUT2D eigenvalue weighted by Gasteiger charge is -2.29. The van der Waals surface area contributed by atoms with Gasteiger partial charge in [-0.05, 0) is 18.6 Å². The van der Waals surface area contributed by atoms with Crippen molar-refractivity contribution in [2.45, 2.75) is 37.4 Å². The van der Waals surface area contributed by atoms with Crippen LogP contribution in [0.3, 0.4) is 0 Å². The largest absolute Gasteiger partial charge is 0.459 e. The molecule has 6 nitrogen and oxygen atoms in total. The van der Waals surface area contributed by atoms with Crippen LogP contribution in [0, 0.1) is 0 Å². The van der Waals surface area contributed by atoms with E-state index in [1.165, 1.54) is 7.11 Å². The van der Waals surface area contributed by atoms with Gasteiger partial charge in [-0.2, -0.15) is 0 Å². The first-order valence-corrected chi connectivity index (χ1v) is 6.83. The molecule has 1 saturated heterocycles. The summed E-state index contributed by atoms with van der Waals surface area (Å²) in [6.07, 6.45) is -2.93. The second kappa shape index (κ2) is 6.53. The van der Waals surface area contributed by atoms with Crippen molar-refractivity contribution in [2.75, 3.05) is 13.7 Å². The van der Waals surface area contributed by atoms with Crippen molar-refractivity contribution in [1.29, 1.82) is 0 Å². The Balaban J connectivity index is 2.05. The van der Waals surface area contributed by atoms with Gasteiger partial charge in [0.1, 0.15) is 24.4 Å². The molecule has 1 aliphatic heterocycles. The van der Waals surface area contributed by atoms with Gasteiger partial charge in [-0.15, -0.1) is 0 Å². The van der Waals surface area contributed by atoms with Gasteiger partial charge in [0.25, 0.3) is 0 Å². The van der Waals surface area contributed by atoms with E-state index in [9.17, 15) is 15.0 Å². The number of carbonyl (C=O) groups is 1. The first-order chi connectivity index (χ1) is 10.0. The van der Waals surface area contributed by atoms with Crippen molar-refractivity contribution in [1.82, 2.24) is 0 Å². The van der Waals surface area contributed by atoms with Gasteiger partial charge in [-0.3, -0.25) is 0 Å². The normalized spacial score (nSPS) is 32.1. The molecule has 2 N–H and O–H groups in total. The molecule has 0 saturated carbocycles. The number of aliphatic hydroxyl groups is 2. The van der Waals surface area contributed by atoms with Crippen molar-refractivity contribution in [3.63, 3.8) is 0 Å². The summed E-state index contributed by atoms with van der Waals surface area (Å²) >= 11 is 0. The summed E-state index contributed by atoms with van der Waals surface area (Å²) in [6.45, 7) is 1.62. The van der Waals surface area contributed by atoms with E-state index in [0.717, 1.165) is 0 Å². The van der Waals surface area contributed by atoms with Crippen molar-refractivity contribution in [2.24, 2.45) is 0 Å². The van der Waals surface area contributed by atoms with Crippen molar-refractivity contribution < 1.29 is 29.2 Å². The van der Waals surface area contributed by atoms with Crippen molar-refractivity contribution in [3.8, 4) is 0 Å². The molecule has 0 unspecified atom stereocenters. The van der Waals surface area contributed by atoms with E-state index >= 15 is 0 Å². The second-order valence-electron chi connectivity index (χ2n) is 5.02. The lowest BCUT2D eigenvalue weighted by atomic mass is 9.93. The molecule has 1 aromatic rings. The highest BCUT2D eigenvalue weighted by atomic mass is 16.7. The molecule has 0 aliphatic carbocycles. The van der Waals surface area contributed by atoms with Gasteiger partial charge in [0.2, 0.25) is 0 Å². The smallest absolute Gasteiger partial charge is 0.338 e. The zero-order valence-electron chi connectivity index (χ0n) is 12.1. The molecule has 1 aliphatic rings. The number of ether oxygens (including phenoxy) is 3. The van der Waals surface area contributed by atoms with Gasteiger partial charge >= 0.3 is 5.97 Å². The van der Waals surface area contributed by atoms with Crippen LogP contribution in [0.2, 0.25) is 0 Å². The maximum atomic E-state index is 11.9. The van der Waals surface area contributed by atoms with E-state index in [0.29, 0.717) is 12.0 Å². The monoisotopic (exact) mass is 296 g/mol. The number of aliphatic hydroxyl groups excluding tert-OH is 2. The molecular weight excluding hydrogens is 276 g/mol. The third-order valence-electron chi connectivity index (χ3n) is 3.78. The summed E-state index contributed by atoms with van der Waals surface area (Å²) in [5, 5.41) is 20.0. The van der Waals surface area contributed by atoms with E-state index in [1.54, 1.807) is 37.3 Å². The summed E-state index contributed by atoms with van der Waals surface area (Å²) < 4.78 is 15.8. The fourth-order valence-corrected chi connectivity index (χ4v) is 2.38. The Bertz CT molecular complexity index is 476. The van der Waals surface area contributed by atoms with E-state index in [4.69, 9.17) is 14.2 Å². The summed E-state index contributed by atoms with van der Waals surface area (Å²) in [5.74, 6) is -0.505. The highest BCUT2D eigenvalue weighted by Gasteiger charge is 2.54. The highest BCUT2D eigenvalue weighted by molar-refractivity contribution is 5.89. The van der Waals surface area contributed by atoms with Gasteiger partial charge in [0.15, 0.2) is 6.29 Å². The maximum absolute atomic E-state index is 11.9. The maximum Gasteiger partial charge on any atom is 0.338 e. The Morgan fingerprint density at radius 1 is 1.33 bits per heavy atom. The average molecular weight is 296 g/mol. The number of esters is 1. The van der Waals surface area contributed by atoms with Gasteiger partial charge in [-0.1, -0.05) is 25.1 Å². The minimum atomic E-state index is -1.18. The van der Waals surface area contributed by atoms with Gasteiger partial charge in [-0.25, -0.2) is 4.79 Å². The van der Waals surface area contributed by atoms with E-state index in [2.05, 4.69) is 0 Å². The highest BCUT2D eigenvalue weighted by Crippen LogP contribution is 2.34. The fraction of sp³-hybridized carbons (Fsp3) is 0.533. The lowest BCUT2D eigenvalue weighted by molar-refractivity contribution is -0.189. The molecule has 1 heterocycles. The standard InChI is InChI=1S/C15H20O6/c1-3-15(12(17)11(16)14(19-2)21-15)9-20-13(18)10-7-5-4-6-8-10/h4-8,11-12,14,16-17H,3,9H2,1-2H3/t11-,12+,14+,15-/m1/s1. The molecule has 2 rings (SSSR count). The molecule has 0 bridgehead atoms. The molecule has 1 aromatic carbocycles. The summed E-state index contributed by atoms with van der Waals surface area (Å²) in [7, 11) is 1.38. The number of carbonyl (C=O) groups excluding carboxylic acids is 1. The van der Waals surface area contributed by atoms with Crippen LogP contribution in [0.5, 0.6) is 0 Å². The summed E-state index contributed by atoms with van der Waals surface area (Å²) in [5.41, 5.74) is -0.745. The third-order valence-corrected chi connectivity index (χ3v) is 3.78. The second-order valence-corrected chi connectivity index (χ2v) is 5.02. The summed E-state index contributed by atoms with van der Waals surface area (Å²) in [6, 6.07) is 8.54. The zero-order chi connectivity index (χ0) is 15.5. The Kier molecular flexibility index (Phi) is 4.95. The number of benzene rings is 1. The average Bonchev–Trinajstić information content (AvgIpc) is 2.78. The third kappa shape index (κ3) is 3.08. The summed E-state index contributed by atoms with van der Waals surface area (Å²) in [4.78, 5) is 11.9. The Labute approximate surface area is 123 Å². The van der Waals surface area contributed by atoms with E-state index in [-0.39, 0.29) is 6.61 Å². The van der Waals surface area contributed by atoms with Crippen molar-refractivity contribution in [3.05, 3.63) is 35.9 Å². The van der Waals surface area contributed by atoms with Gasteiger partial charge in [0, 0.05) is 7.11 Å². The molecule has 0 spiro atoms. The lowest BCUT2D eigenvalue weighted by Crippen LogP contribution is -2.47. The Hall–Kier alpha value is -1.47. The topological polar surface area (TPSA) is 85.2 Å². The van der Waals surface area contributed by atoms with Crippen molar-refractivity contribution >= 4 is 5.97 Å². The first kappa shape index (κ1) is 15.9. The quantitative estimate of drug-likeness (QED) is 0.779. The molecule has 21 heavy (non-hydrogen) atoms. The molecule has 0 radical (unpaired) electrons. The van der Waals surface area contributed by atoms with Gasteiger partial charge < -0.3 is 24.4 Å². The molecule has 116 valence electrons. The van der Waals surface area contributed by atoms with Crippen LogP contribution in [0.15, 0.2) is 30.3 Å². The number of hydrogen-bond acceptors (Lipinski definition) is 6. The zero-order valence-corrected chi connectivity index (χ0v) is 12.1. The Morgan fingerprint density at radius 2 is 2.00 bits per heavy atom.